The maximum atomic E-state index is 10.7. The number of hydrogen-bond acceptors (Lipinski definition) is 4. The Morgan fingerprint density at radius 1 is 1.60 bits per heavy atom. The lowest BCUT2D eigenvalue weighted by atomic mass is 10.2. The molecule has 0 fully saturated rings. The Balaban J connectivity index is 2.74. The summed E-state index contributed by atoms with van der Waals surface area (Å²) in [5, 5.41) is 10.6. The molecule has 1 aromatic heterocycles. The first-order chi connectivity index (χ1) is 7.09. The summed E-state index contributed by atoms with van der Waals surface area (Å²) >= 11 is 0. The first-order valence-electron chi connectivity index (χ1n) is 4.47. The van der Waals surface area contributed by atoms with Crippen molar-refractivity contribution in [1.29, 1.82) is 0 Å². The van der Waals surface area contributed by atoms with Crippen molar-refractivity contribution < 1.29 is 14.1 Å². The molecule has 80 valence electrons. The lowest BCUT2D eigenvalue weighted by Gasteiger charge is -1.95. The maximum absolute atomic E-state index is 10.7. The molecule has 0 N–H and O–H groups in total. The molecule has 0 saturated heterocycles. The second-order valence-electron chi connectivity index (χ2n) is 3.11. The molecule has 0 saturated carbocycles. The second kappa shape index (κ2) is 5.09. The molecule has 0 amide bonds. The summed E-state index contributed by atoms with van der Waals surface area (Å²) in [5.41, 5.74) is -0.0137. The first kappa shape index (κ1) is 11.2. The summed E-state index contributed by atoms with van der Waals surface area (Å²) in [6.45, 7) is 1.41. The van der Waals surface area contributed by atoms with E-state index in [4.69, 9.17) is 4.42 Å². The number of nitro groups is 1. The highest BCUT2D eigenvalue weighted by atomic mass is 16.6. The third-order valence-electron chi connectivity index (χ3n) is 1.82. The van der Waals surface area contributed by atoms with Gasteiger partial charge in [0.15, 0.2) is 0 Å². The van der Waals surface area contributed by atoms with Crippen LogP contribution in [0.3, 0.4) is 0 Å². The molecule has 5 heteroatoms. The Morgan fingerprint density at radius 2 is 2.33 bits per heavy atom. The molecule has 0 aliphatic heterocycles. The molecule has 1 rings (SSSR count). The fraction of sp³-hybridized carbons (Fsp3) is 0.300. The van der Waals surface area contributed by atoms with Crippen molar-refractivity contribution >= 4 is 11.9 Å². The Hall–Kier alpha value is -1.91. The van der Waals surface area contributed by atoms with Crippen LogP contribution in [0.25, 0.3) is 6.08 Å². The topological polar surface area (TPSA) is 73.3 Å². The van der Waals surface area contributed by atoms with E-state index in [2.05, 4.69) is 0 Å². The lowest BCUT2D eigenvalue weighted by molar-refractivity contribution is -0.426. The van der Waals surface area contributed by atoms with E-state index >= 15 is 0 Å². The van der Waals surface area contributed by atoms with Gasteiger partial charge in [-0.2, -0.15) is 0 Å². The van der Waals surface area contributed by atoms with E-state index in [1.54, 1.807) is 12.1 Å². The van der Waals surface area contributed by atoms with Gasteiger partial charge >= 0.3 is 0 Å². The Kier molecular flexibility index (Phi) is 3.79. The van der Waals surface area contributed by atoms with E-state index in [9.17, 15) is 14.9 Å². The van der Waals surface area contributed by atoms with Gasteiger partial charge in [-0.25, -0.2) is 0 Å². The average Bonchev–Trinajstić information content (AvgIpc) is 2.63. The molecular weight excluding hydrogens is 198 g/mol. The highest BCUT2D eigenvalue weighted by Gasteiger charge is 2.12. The van der Waals surface area contributed by atoms with E-state index in [0.29, 0.717) is 5.76 Å². The third kappa shape index (κ3) is 3.76. The Morgan fingerprint density at radius 3 is 2.80 bits per heavy atom. The van der Waals surface area contributed by atoms with E-state index in [1.807, 2.05) is 0 Å². The first-order valence-corrected chi connectivity index (χ1v) is 4.47. The maximum Gasteiger partial charge on any atom is 0.250 e. The molecule has 0 atom stereocenters. The Bertz CT molecular complexity index is 378. The van der Waals surface area contributed by atoms with Gasteiger partial charge in [-0.3, -0.25) is 10.1 Å². The van der Waals surface area contributed by atoms with Crippen molar-refractivity contribution in [2.45, 2.75) is 19.8 Å². The number of Topliss-reactive ketones (excluding diaryl/α,β-unsaturated/α-hetero) is 1. The van der Waals surface area contributed by atoms with Gasteiger partial charge in [0.05, 0.1) is 17.3 Å². The van der Waals surface area contributed by atoms with Crippen LogP contribution in [0.5, 0.6) is 0 Å². The van der Waals surface area contributed by atoms with Crippen LogP contribution in [-0.4, -0.2) is 10.7 Å². The standard InChI is InChI=1S/C10H11NO4/c1-8(12)4-5-9(11(13)14)7-10-3-2-6-15-10/h2-3,6-7H,4-5H2,1H3/b9-7+. The summed E-state index contributed by atoms with van der Waals surface area (Å²) in [6.07, 6.45) is 3.08. The van der Waals surface area contributed by atoms with Crippen molar-refractivity contribution in [2.75, 3.05) is 0 Å². The summed E-state index contributed by atoms with van der Waals surface area (Å²) < 4.78 is 4.96. The molecule has 0 aliphatic carbocycles. The summed E-state index contributed by atoms with van der Waals surface area (Å²) in [4.78, 5) is 20.8. The summed E-state index contributed by atoms with van der Waals surface area (Å²) in [6, 6.07) is 3.27. The smallest absolute Gasteiger partial charge is 0.250 e. The number of hydrogen-bond donors (Lipinski definition) is 0. The molecule has 0 aromatic carbocycles. The number of carbonyl (C=O) groups excluding carboxylic acids is 1. The normalized spacial score (nSPS) is 11.4. The van der Waals surface area contributed by atoms with Gasteiger partial charge in [0.2, 0.25) is 5.70 Å². The minimum atomic E-state index is -0.495. The third-order valence-corrected chi connectivity index (χ3v) is 1.82. The number of furan rings is 1. The van der Waals surface area contributed by atoms with Crippen LogP contribution in [0.4, 0.5) is 0 Å². The highest BCUT2D eigenvalue weighted by molar-refractivity contribution is 5.75. The molecule has 0 unspecified atom stereocenters. The van der Waals surface area contributed by atoms with Gasteiger partial charge in [-0.1, -0.05) is 0 Å². The van der Waals surface area contributed by atoms with Gasteiger partial charge in [-0.15, -0.1) is 0 Å². The zero-order valence-corrected chi connectivity index (χ0v) is 8.30. The average molecular weight is 209 g/mol. The van der Waals surface area contributed by atoms with E-state index < -0.39 is 4.92 Å². The van der Waals surface area contributed by atoms with Crippen molar-refractivity contribution in [3.63, 3.8) is 0 Å². The van der Waals surface area contributed by atoms with E-state index in [1.165, 1.54) is 19.3 Å². The molecule has 0 bridgehead atoms. The van der Waals surface area contributed by atoms with Gasteiger partial charge in [0.25, 0.3) is 0 Å². The molecular formula is C10H11NO4. The van der Waals surface area contributed by atoms with Gasteiger partial charge in [0, 0.05) is 12.8 Å². The van der Waals surface area contributed by atoms with Crippen LogP contribution >= 0.6 is 0 Å². The second-order valence-corrected chi connectivity index (χ2v) is 3.11. The number of allylic oxidation sites excluding steroid dienone is 1. The zero-order valence-electron chi connectivity index (χ0n) is 8.30. The van der Waals surface area contributed by atoms with Crippen LogP contribution in [0, 0.1) is 10.1 Å². The molecule has 1 aromatic rings. The largest absolute Gasteiger partial charge is 0.465 e. The van der Waals surface area contributed by atoms with Crippen molar-refractivity contribution in [3.8, 4) is 0 Å². The zero-order chi connectivity index (χ0) is 11.3. The number of nitrogens with zero attached hydrogens (tertiary/aromatic N) is 1. The van der Waals surface area contributed by atoms with Gasteiger partial charge in [0.1, 0.15) is 11.5 Å². The van der Waals surface area contributed by atoms with Crippen LogP contribution in [-0.2, 0) is 4.79 Å². The van der Waals surface area contributed by atoms with E-state index in [-0.39, 0.29) is 24.3 Å². The molecule has 0 radical (unpaired) electrons. The quantitative estimate of drug-likeness (QED) is 0.550. The van der Waals surface area contributed by atoms with Gasteiger partial charge < -0.3 is 9.21 Å². The number of ketones is 1. The predicted molar refractivity (Wildman–Crippen MR) is 53.6 cm³/mol. The number of carbonyl (C=O) groups is 1. The number of rotatable bonds is 5. The molecule has 5 nitrogen and oxygen atoms in total. The van der Waals surface area contributed by atoms with Crippen LogP contribution < -0.4 is 0 Å². The molecule has 0 spiro atoms. The summed E-state index contributed by atoms with van der Waals surface area (Å²) in [7, 11) is 0. The predicted octanol–water partition coefficient (Wildman–Crippen LogP) is 2.27. The minimum absolute atomic E-state index is 0.0137. The lowest BCUT2D eigenvalue weighted by Crippen LogP contribution is -2.01. The minimum Gasteiger partial charge on any atom is -0.465 e. The molecule has 1 heterocycles. The highest BCUT2D eigenvalue weighted by Crippen LogP contribution is 2.12. The van der Waals surface area contributed by atoms with Crippen molar-refractivity contribution in [2.24, 2.45) is 0 Å². The SMILES string of the molecule is CC(=O)CC/C(=C\c1ccco1)[N+](=O)[O-]. The van der Waals surface area contributed by atoms with E-state index in [0.717, 1.165) is 0 Å². The van der Waals surface area contributed by atoms with Crippen molar-refractivity contribution in [3.05, 3.63) is 40.0 Å². The van der Waals surface area contributed by atoms with Crippen molar-refractivity contribution in [1.82, 2.24) is 0 Å². The summed E-state index contributed by atoms with van der Waals surface area (Å²) in [5.74, 6) is 0.354. The fourth-order valence-corrected chi connectivity index (χ4v) is 1.06. The Labute approximate surface area is 86.5 Å². The molecule has 0 aliphatic rings. The van der Waals surface area contributed by atoms with Crippen LogP contribution in [0.2, 0.25) is 0 Å². The molecule has 15 heavy (non-hydrogen) atoms. The fourth-order valence-electron chi connectivity index (χ4n) is 1.06. The van der Waals surface area contributed by atoms with Gasteiger partial charge in [-0.05, 0) is 19.1 Å². The monoisotopic (exact) mass is 209 g/mol. The van der Waals surface area contributed by atoms with Crippen LogP contribution in [0.15, 0.2) is 28.5 Å². The van der Waals surface area contributed by atoms with Crippen LogP contribution in [0.1, 0.15) is 25.5 Å².